The highest BCUT2D eigenvalue weighted by molar-refractivity contribution is 7.98. The minimum atomic E-state index is 0.369. The average Bonchev–Trinajstić information content (AvgIpc) is 2.46. The molecule has 1 unspecified atom stereocenters. The topological polar surface area (TPSA) is 12.0 Å². The van der Waals surface area contributed by atoms with Crippen molar-refractivity contribution in [3.8, 4) is 0 Å². The third kappa shape index (κ3) is 4.00. The SMILES string of the molecule is CNC(C)c1ccccc1SCc1ccc(Cl)cc1. The molecule has 2 rings (SSSR count). The van der Waals surface area contributed by atoms with Crippen LogP contribution in [0.3, 0.4) is 0 Å². The molecule has 19 heavy (non-hydrogen) atoms. The van der Waals surface area contributed by atoms with Crippen LogP contribution in [0, 0.1) is 0 Å². The molecule has 1 N–H and O–H groups in total. The lowest BCUT2D eigenvalue weighted by Crippen LogP contribution is -2.13. The Balaban J connectivity index is 2.09. The van der Waals surface area contributed by atoms with Crippen molar-refractivity contribution >= 4 is 23.4 Å². The Kier molecular flexibility index (Phi) is 5.32. The van der Waals surface area contributed by atoms with Crippen molar-refractivity contribution in [1.82, 2.24) is 5.32 Å². The minimum Gasteiger partial charge on any atom is -0.313 e. The van der Waals surface area contributed by atoms with Gasteiger partial charge in [-0.15, -0.1) is 11.8 Å². The maximum absolute atomic E-state index is 5.90. The van der Waals surface area contributed by atoms with Gasteiger partial charge in [-0.25, -0.2) is 0 Å². The van der Waals surface area contributed by atoms with Gasteiger partial charge in [0.15, 0.2) is 0 Å². The molecule has 0 heterocycles. The third-order valence-electron chi connectivity index (χ3n) is 3.13. The van der Waals surface area contributed by atoms with E-state index >= 15 is 0 Å². The van der Waals surface area contributed by atoms with Crippen LogP contribution in [0.5, 0.6) is 0 Å². The van der Waals surface area contributed by atoms with Gasteiger partial charge in [0.05, 0.1) is 0 Å². The van der Waals surface area contributed by atoms with Crippen molar-refractivity contribution in [2.24, 2.45) is 0 Å². The summed E-state index contributed by atoms with van der Waals surface area (Å²) in [5, 5.41) is 4.09. The molecule has 0 spiro atoms. The van der Waals surface area contributed by atoms with Crippen LogP contribution in [-0.2, 0) is 5.75 Å². The summed E-state index contributed by atoms with van der Waals surface area (Å²) in [4.78, 5) is 1.33. The molecule has 2 aromatic carbocycles. The van der Waals surface area contributed by atoms with Crippen LogP contribution in [0.25, 0.3) is 0 Å². The van der Waals surface area contributed by atoms with E-state index in [-0.39, 0.29) is 0 Å². The van der Waals surface area contributed by atoms with E-state index < -0.39 is 0 Å². The first-order chi connectivity index (χ1) is 9.20. The largest absolute Gasteiger partial charge is 0.313 e. The van der Waals surface area contributed by atoms with E-state index in [1.54, 1.807) is 0 Å². The van der Waals surface area contributed by atoms with E-state index in [0.717, 1.165) is 10.8 Å². The van der Waals surface area contributed by atoms with Crippen LogP contribution in [0.2, 0.25) is 5.02 Å². The fourth-order valence-corrected chi connectivity index (χ4v) is 3.09. The van der Waals surface area contributed by atoms with Crippen LogP contribution in [0.4, 0.5) is 0 Å². The van der Waals surface area contributed by atoms with Crippen molar-refractivity contribution in [2.45, 2.75) is 23.6 Å². The number of halogens is 1. The highest BCUT2D eigenvalue weighted by Crippen LogP contribution is 2.30. The summed E-state index contributed by atoms with van der Waals surface area (Å²) in [6, 6.07) is 17.0. The van der Waals surface area contributed by atoms with E-state index in [0.29, 0.717) is 6.04 Å². The van der Waals surface area contributed by atoms with Gasteiger partial charge in [-0.05, 0) is 43.3 Å². The van der Waals surface area contributed by atoms with E-state index in [2.05, 4.69) is 48.6 Å². The third-order valence-corrected chi connectivity index (χ3v) is 4.54. The van der Waals surface area contributed by atoms with Crippen molar-refractivity contribution in [3.63, 3.8) is 0 Å². The molecule has 0 aromatic heterocycles. The van der Waals surface area contributed by atoms with Crippen molar-refractivity contribution < 1.29 is 0 Å². The standard InChI is InChI=1S/C16H18ClNS/c1-12(18-2)15-5-3-4-6-16(15)19-11-13-7-9-14(17)10-8-13/h3-10,12,18H,11H2,1-2H3. The average molecular weight is 292 g/mol. The summed E-state index contributed by atoms with van der Waals surface area (Å²) in [7, 11) is 1.99. The zero-order chi connectivity index (χ0) is 13.7. The number of hydrogen-bond acceptors (Lipinski definition) is 2. The second-order valence-electron chi connectivity index (χ2n) is 4.46. The van der Waals surface area contributed by atoms with Gasteiger partial charge in [0.1, 0.15) is 0 Å². The van der Waals surface area contributed by atoms with E-state index in [1.165, 1.54) is 16.0 Å². The summed E-state index contributed by atoms with van der Waals surface area (Å²) in [6.07, 6.45) is 0. The second-order valence-corrected chi connectivity index (χ2v) is 5.92. The molecule has 0 fully saturated rings. The van der Waals surface area contributed by atoms with Crippen LogP contribution in [0.1, 0.15) is 24.1 Å². The molecule has 0 saturated carbocycles. The molecule has 0 aliphatic carbocycles. The highest BCUT2D eigenvalue weighted by Gasteiger charge is 2.08. The number of hydrogen-bond donors (Lipinski definition) is 1. The molecule has 1 atom stereocenters. The summed E-state index contributed by atoms with van der Waals surface area (Å²) >= 11 is 7.77. The first-order valence-electron chi connectivity index (χ1n) is 6.34. The van der Waals surface area contributed by atoms with Gasteiger partial charge in [-0.1, -0.05) is 41.9 Å². The minimum absolute atomic E-state index is 0.369. The predicted molar refractivity (Wildman–Crippen MR) is 84.9 cm³/mol. The molecule has 0 bridgehead atoms. The van der Waals surface area contributed by atoms with Crippen molar-refractivity contribution in [3.05, 3.63) is 64.7 Å². The Morgan fingerprint density at radius 2 is 1.79 bits per heavy atom. The molecule has 0 amide bonds. The van der Waals surface area contributed by atoms with E-state index in [4.69, 9.17) is 11.6 Å². The van der Waals surface area contributed by atoms with E-state index in [9.17, 15) is 0 Å². The Morgan fingerprint density at radius 1 is 1.11 bits per heavy atom. The van der Waals surface area contributed by atoms with Crippen LogP contribution in [-0.4, -0.2) is 7.05 Å². The lowest BCUT2D eigenvalue weighted by atomic mass is 10.1. The number of nitrogens with one attached hydrogen (secondary N) is 1. The second kappa shape index (κ2) is 6.99. The molecule has 1 nitrogen and oxygen atoms in total. The number of rotatable bonds is 5. The summed E-state index contributed by atoms with van der Waals surface area (Å²) in [5.41, 5.74) is 2.64. The van der Waals surface area contributed by atoms with Gasteiger partial charge in [0, 0.05) is 21.7 Å². The van der Waals surface area contributed by atoms with Crippen LogP contribution in [0.15, 0.2) is 53.4 Å². The van der Waals surface area contributed by atoms with Gasteiger partial charge in [-0.3, -0.25) is 0 Å². The van der Waals surface area contributed by atoms with Gasteiger partial charge >= 0.3 is 0 Å². The molecule has 0 saturated heterocycles. The van der Waals surface area contributed by atoms with Gasteiger partial charge in [0.2, 0.25) is 0 Å². The quantitative estimate of drug-likeness (QED) is 0.785. The molecular weight excluding hydrogens is 274 g/mol. The fourth-order valence-electron chi connectivity index (χ4n) is 1.87. The predicted octanol–water partition coefficient (Wildman–Crippen LogP) is 4.91. The van der Waals surface area contributed by atoms with Gasteiger partial charge in [0.25, 0.3) is 0 Å². The molecule has 100 valence electrons. The summed E-state index contributed by atoms with van der Waals surface area (Å²) in [5.74, 6) is 0.963. The van der Waals surface area contributed by atoms with Crippen LogP contribution < -0.4 is 5.32 Å². The molecule has 3 heteroatoms. The normalized spacial score (nSPS) is 12.4. The zero-order valence-corrected chi connectivity index (χ0v) is 12.8. The fraction of sp³-hybridized carbons (Fsp3) is 0.250. The maximum Gasteiger partial charge on any atom is 0.0406 e. The van der Waals surface area contributed by atoms with E-state index in [1.807, 2.05) is 30.9 Å². The molecule has 2 aromatic rings. The number of thioether (sulfide) groups is 1. The summed E-state index contributed by atoms with van der Waals surface area (Å²) < 4.78 is 0. The van der Waals surface area contributed by atoms with Gasteiger partial charge < -0.3 is 5.32 Å². The molecule has 0 radical (unpaired) electrons. The zero-order valence-electron chi connectivity index (χ0n) is 11.2. The lowest BCUT2D eigenvalue weighted by molar-refractivity contribution is 0.641. The van der Waals surface area contributed by atoms with Crippen molar-refractivity contribution in [2.75, 3.05) is 7.05 Å². The monoisotopic (exact) mass is 291 g/mol. The lowest BCUT2D eigenvalue weighted by Gasteiger charge is -2.15. The van der Waals surface area contributed by atoms with Crippen LogP contribution >= 0.6 is 23.4 Å². The van der Waals surface area contributed by atoms with Crippen molar-refractivity contribution in [1.29, 1.82) is 0 Å². The molecular formula is C16H18ClNS. The van der Waals surface area contributed by atoms with Gasteiger partial charge in [-0.2, -0.15) is 0 Å². The molecule has 0 aliphatic heterocycles. The summed E-state index contributed by atoms with van der Waals surface area (Å²) in [6.45, 7) is 2.18. The Morgan fingerprint density at radius 3 is 2.47 bits per heavy atom. The number of benzene rings is 2. The Hall–Kier alpha value is -0.960. The maximum atomic E-state index is 5.90. The first-order valence-corrected chi connectivity index (χ1v) is 7.70. The highest BCUT2D eigenvalue weighted by atomic mass is 35.5. The Bertz CT molecular complexity index is 525. The Labute approximate surface area is 124 Å². The molecule has 0 aliphatic rings. The first kappa shape index (κ1) is 14.4. The smallest absolute Gasteiger partial charge is 0.0406 e.